The third kappa shape index (κ3) is 3.74. The molecule has 0 radical (unpaired) electrons. The van der Waals surface area contributed by atoms with E-state index in [1.165, 1.54) is 17.3 Å². The number of anilines is 1. The number of carbonyl (C=O) groups is 1. The van der Waals surface area contributed by atoms with Crippen LogP contribution in [0.15, 0.2) is 46.1 Å². The SMILES string of the molecule is Cc1ccc(-c2cc(NC(=O)CSc3nnc4nc(C)cc(C)n34)on2)cc1. The van der Waals surface area contributed by atoms with Crippen molar-refractivity contribution in [3.05, 3.63) is 53.3 Å². The van der Waals surface area contributed by atoms with Gasteiger partial charge in [-0.2, -0.15) is 0 Å². The number of thioether (sulfide) groups is 1. The van der Waals surface area contributed by atoms with Crippen LogP contribution in [0.25, 0.3) is 17.0 Å². The van der Waals surface area contributed by atoms with Crippen LogP contribution in [-0.4, -0.2) is 36.4 Å². The number of nitrogens with one attached hydrogen (secondary N) is 1. The molecule has 1 aromatic carbocycles. The Morgan fingerprint density at radius 3 is 2.71 bits per heavy atom. The first-order chi connectivity index (χ1) is 13.5. The van der Waals surface area contributed by atoms with Crippen LogP contribution in [0.2, 0.25) is 0 Å². The van der Waals surface area contributed by atoms with Gasteiger partial charge in [-0.3, -0.25) is 14.5 Å². The van der Waals surface area contributed by atoms with Crippen LogP contribution < -0.4 is 5.32 Å². The first-order valence-corrected chi connectivity index (χ1v) is 9.64. The van der Waals surface area contributed by atoms with Gasteiger partial charge >= 0.3 is 0 Å². The number of rotatable bonds is 5. The van der Waals surface area contributed by atoms with Crippen LogP contribution in [0.3, 0.4) is 0 Å². The molecule has 3 heterocycles. The topological polar surface area (TPSA) is 98.2 Å². The summed E-state index contributed by atoms with van der Waals surface area (Å²) in [6.45, 7) is 5.88. The summed E-state index contributed by atoms with van der Waals surface area (Å²) in [6.07, 6.45) is 0. The van der Waals surface area contributed by atoms with Gasteiger partial charge in [-0.25, -0.2) is 4.98 Å². The van der Waals surface area contributed by atoms with Crippen molar-refractivity contribution in [2.24, 2.45) is 0 Å². The molecule has 0 aliphatic carbocycles. The molecule has 9 heteroatoms. The molecule has 0 spiro atoms. The highest BCUT2D eigenvalue weighted by Gasteiger charge is 2.14. The zero-order chi connectivity index (χ0) is 19.7. The molecule has 1 N–H and O–H groups in total. The van der Waals surface area contributed by atoms with Gasteiger partial charge in [-0.15, -0.1) is 10.2 Å². The van der Waals surface area contributed by atoms with Crippen LogP contribution in [0, 0.1) is 20.8 Å². The van der Waals surface area contributed by atoms with Crippen LogP contribution in [-0.2, 0) is 4.79 Å². The van der Waals surface area contributed by atoms with E-state index in [0.717, 1.165) is 17.0 Å². The van der Waals surface area contributed by atoms with E-state index in [4.69, 9.17) is 4.52 Å². The zero-order valence-electron chi connectivity index (χ0n) is 15.6. The molecule has 0 fully saturated rings. The second-order valence-corrected chi connectivity index (χ2v) is 7.38. The van der Waals surface area contributed by atoms with E-state index in [0.29, 0.717) is 22.5 Å². The number of aromatic nitrogens is 5. The highest BCUT2D eigenvalue weighted by Crippen LogP contribution is 2.23. The van der Waals surface area contributed by atoms with E-state index in [1.54, 1.807) is 6.07 Å². The van der Waals surface area contributed by atoms with E-state index in [1.807, 2.05) is 55.5 Å². The minimum atomic E-state index is -0.217. The predicted molar refractivity (Wildman–Crippen MR) is 106 cm³/mol. The minimum Gasteiger partial charge on any atom is -0.338 e. The molecule has 4 rings (SSSR count). The monoisotopic (exact) mass is 394 g/mol. The number of hydrogen-bond donors (Lipinski definition) is 1. The van der Waals surface area contributed by atoms with Crippen molar-refractivity contribution < 1.29 is 9.32 Å². The number of hydrogen-bond acceptors (Lipinski definition) is 7. The van der Waals surface area contributed by atoms with Crippen LogP contribution >= 0.6 is 11.8 Å². The third-order valence-corrected chi connectivity index (χ3v) is 5.04. The van der Waals surface area contributed by atoms with Crippen LogP contribution in [0.4, 0.5) is 5.88 Å². The van der Waals surface area contributed by atoms with Crippen molar-refractivity contribution >= 4 is 29.3 Å². The van der Waals surface area contributed by atoms with Crippen molar-refractivity contribution in [1.82, 2.24) is 24.7 Å². The molecule has 0 atom stereocenters. The molecule has 4 aromatic rings. The molecular weight excluding hydrogens is 376 g/mol. The highest BCUT2D eigenvalue weighted by molar-refractivity contribution is 7.99. The molecule has 0 unspecified atom stereocenters. The van der Waals surface area contributed by atoms with Gasteiger partial charge in [0.1, 0.15) is 5.69 Å². The second-order valence-electron chi connectivity index (χ2n) is 6.44. The summed E-state index contributed by atoms with van der Waals surface area (Å²) < 4.78 is 7.05. The van der Waals surface area contributed by atoms with E-state index in [-0.39, 0.29) is 11.7 Å². The Bertz CT molecular complexity index is 1150. The number of fused-ring (bicyclic) bond motifs is 1. The maximum absolute atomic E-state index is 12.3. The number of carbonyl (C=O) groups excluding carboxylic acids is 1. The fourth-order valence-corrected chi connectivity index (χ4v) is 3.58. The maximum atomic E-state index is 12.3. The minimum absolute atomic E-state index is 0.161. The summed E-state index contributed by atoms with van der Waals surface area (Å²) in [7, 11) is 0. The smallest absolute Gasteiger partial charge is 0.256 e. The van der Waals surface area contributed by atoms with E-state index in [9.17, 15) is 4.79 Å². The molecule has 28 heavy (non-hydrogen) atoms. The lowest BCUT2D eigenvalue weighted by atomic mass is 10.1. The number of amides is 1. The average molecular weight is 394 g/mol. The predicted octanol–water partition coefficient (Wildman–Crippen LogP) is 3.44. The van der Waals surface area contributed by atoms with E-state index in [2.05, 4.69) is 25.7 Å². The highest BCUT2D eigenvalue weighted by atomic mass is 32.2. The molecule has 8 nitrogen and oxygen atoms in total. The van der Waals surface area contributed by atoms with Crippen molar-refractivity contribution in [2.45, 2.75) is 25.9 Å². The summed E-state index contributed by atoms with van der Waals surface area (Å²) in [5.74, 6) is 0.777. The Hall–Kier alpha value is -3.20. The number of benzene rings is 1. The summed E-state index contributed by atoms with van der Waals surface area (Å²) in [4.78, 5) is 16.6. The third-order valence-electron chi connectivity index (χ3n) is 4.12. The summed E-state index contributed by atoms with van der Waals surface area (Å²) in [6, 6.07) is 11.6. The van der Waals surface area contributed by atoms with Crippen molar-refractivity contribution in [1.29, 1.82) is 0 Å². The van der Waals surface area contributed by atoms with Gasteiger partial charge in [0.2, 0.25) is 11.8 Å². The Morgan fingerprint density at radius 1 is 1.14 bits per heavy atom. The number of nitrogens with zero attached hydrogens (tertiary/aromatic N) is 5. The van der Waals surface area contributed by atoms with Gasteiger partial charge in [0.15, 0.2) is 5.16 Å². The molecule has 142 valence electrons. The largest absolute Gasteiger partial charge is 0.338 e. The van der Waals surface area contributed by atoms with Crippen molar-refractivity contribution in [3.63, 3.8) is 0 Å². The molecule has 0 saturated heterocycles. The Balaban J connectivity index is 1.41. The molecule has 0 aliphatic heterocycles. The van der Waals surface area contributed by atoms with E-state index >= 15 is 0 Å². The molecular formula is C19H18N6O2S. The summed E-state index contributed by atoms with van der Waals surface area (Å²) >= 11 is 1.28. The zero-order valence-corrected chi connectivity index (χ0v) is 16.4. The molecule has 3 aromatic heterocycles. The fraction of sp³-hybridized carbons (Fsp3) is 0.211. The molecule has 0 aliphatic rings. The fourth-order valence-electron chi connectivity index (χ4n) is 2.79. The first-order valence-electron chi connectivity index (χ1n) is 8.65. The van der Waals surface area contributed by atoms with Gasteiger partial charge in [-0.05, 0) is 26.8 Å². The lowest BCUT2D eigenvalue weighted by Gasteiger charge is -2.04. The standard InChI is InChI=1S/C19H18N6O2S/c1-11-4-6-14(7-5-11)15-9-17(27-24-15)21-16(26)10-28-19-23-22-18-20-12(2)8-13(3)25(18)19/h4-9H,10H2,1-3H3,(H,21,26). The normalized spacial score (nSPS) is 11.1. The Morgan fingerprint density at radius 2 is 1.93 bits per heavy atom. The van der Waals surface area contributed by atoms with Crippen molar-refractivity contribution in [3.8, 4) is 11.3 Å². The number of aryl methyl sites for hydroxylation is 3. The lowest BCUT2D eigenvalue weighted by Crippen LogP contribution is -2.13. The van der Waals surface area contributed by atoms with Gasteiger partial charge in [-0.1, -0.05) is 46.7 Å². The first kappa shape index (κ1) is 18.2. The van der Waals surface area contributed by atoms with Gasteiger partial charge in [0.25, 0.3) is 5.78 Å². The summed E-state index contributed by atoms with van der Waals surface area (Å²) in [5, 5.41) is 15.5. The second kappa shape index (κ2) is 7.43. The van der Waals surface area contributed by atoms with Gasteiger partial charge in [0, 0.05) is 23.0 Å². The molecule has 0 bridgehead atoms. The van der Waals surface area contributed by atoms with Crippen molar-refractivity contribution in [2.75, 3.05) is 11.1 Å². The van der Waals surface area contributed by atoms with Crippen LogP contribution in [0.1, 0.15) is 17.0 Å². The quantitative estimate of drug-likeness (QED) is 0.518. The molecule has 1 amide bonds. The van der Waals surface area contributed by atoms with E-state index < -0.39 is 0 Å². The Labute approximate surface area is 165 Å². The van der Waals surface area contributed by atoms with Crippen LogP contribution in [0.5, 0.6) is 0 Å². The maximum Gasteiger partial charge on any atom is 0.256 e. The van der Waals surface area contributed by atoms with Gasteiger partial charge < -0.3 is 4.52 Å². The van der Waals surface area contributed by atoms with Gasteiger partial charge in [0.05, 0.1) is 5.75 Å². The average Bonchev–Trinajstić information content (AvgIpc) is 3.27. The summed E-state index contributed by atoms with van der Waals surface area (Å²) in [5.41, 5.74) is 4.61. The molecule has 0 saturated carbocycles. The lowest BCUT2D eigenvalue weighted by molar-refractivity contribution is -0.113. The Kier molecular flexibility index (Phi) is 4.82.